The molecule has 114 valence electrons. The van der Waals surface area contributed by atoms with Gasteiger partial charge in [0.25, 0.3) is 5.91 Å². The first-order valence-electron chi connectivity index (χ1n) is 6.22. The van der Waals surface area contributed by atoms with E-state index in [4.69, 9.17) is 5.11 Å². The first kappa shape index (κ1) is 17.2. The molecule has 0 saturated carbocycles. The lowest BCUT2D eigenvalue weighted by molar-refractivity contribution is -0.142. The van der Waals surface area contributed by atoms with Crippen LogP contribution in [0, 0.1) is 6.92 Å². The van der Waals surface area contributed by atoms with Crippen LogP contribution in [-0.2, 0) is 14.3 Å². The highest BCUT2D eigenvalue weighted by molar-refractivity contribution is 9.10. The van der Waals surface area contributed by atoms with Gasteiger partial charge in [0.05, 0.1) is 7.11 Å². The minimum absolute atomic E-state index is 0.0270. The van der Waals surface area contributed by atoms with Crippen molar-refractivity contribution in [2.45, 2.75) is 25.8 Å². The third kappa shape index (κ3) is 4.86. The average Bonchev–Trinajstić information content (AvgIpc) is 2.45. The fraction of sp³-hybridized carbons (Fsp3) is 0.357. The molecule has 0 aliphatic carbocycles. The molecule has 6 nitrogen and oxygen atoms in total. The van der Waals surface area contributed by atoms with Crippen molar-refractivity contribution in [3.63, 3.8) is 0 Å². The fourth-order valence-corrected chi connectivity index (χ4v) is 2.08. The van der Waals surface area contributed by atoms with Crippen molar-refractivity contribution in [3.05, 3.63) is 33.8 Å². The van der Waals surface area contributed by atoms with E-state index in [0.29, 0.717) is 11.1 Å². The van der Waals surface area contributed by atoms with Gasteiger partial charge in [0.1, 0.15) is 6.04 Å². The van der Waals surface area contributed by atoms with Crippen LogP contribution in [0.1, 0.15) is 28.8 Å². The Bertz CT molecular complexity index is 558. The van der Waals surface area contributed by atoms with E-state index in [9.17, 15) is 14.4 Å². The Kier molecular flexibility index (Phi) is 6.36. The van der Waals surface area contributed by atoms with Crippen LogP contribution in [0.15, 0.2) is 22.7 Å². The molecule has 0 fully saturated rings. The number of amides is 1. The molecule has 1 aromatic carbocycles. The van der Waals surface area contributed by atoms with Gasteiger partial charge >= 0.3 is 11.9 Å². The quantitative estimate of drug-likeness (QED) is 0.758. The van der Waals surface area contributed by atoms with Crippen molar-refractivity contribution in [1.82, 2.24) is 5.32 Å². The maximum atomic E-state index is 12.1. The number of carbonyl (C=O) groups is 3. The number of aliphatic carboxylic acids is 1. The molecule has 0 unspecified atom stereocenters. The van der Waals surface area contributed by atoms with Crippen LogP contribution in [0.5, 0.6) is 0 Å². The van der Waals surface area contributed by atoms with Crippen LogP contribution in [0.3, 0.4) is 0 Å². The Morgan fingerprint density at radius 1 is 1.38 bits per heavy atom. The summed E-state index contributed by atoms with van der Waals surface area (Å²) >= 11 is 3.31. The summed E-state index contributed by atoms with van der Waals surface area (Å²) < 4.78 is 5.21. The summed E-state index contributed by atoms with van der Waals surface area (Å²) in [6.45, 7) is 1.75. The molecule has 1 atom stereocenters. The molecule has 0 aliphatic rings. The molecule has 2 N–H and O–H groups in total. The summed E-state index contributed by atoms with van der Waals surface area (Å²) in [5, 5.41) is 11.5. The number of methoxy groups -OCH3 is 1. The Hall–Kier alpha value is -1.89. The van der Waals surface area contributed by atoms with Crippen molar-refractivity contribution >= 4 is 33.8 Å². The van der Waals surface area contributed by atoms with Crippen LogP contribution < -0.4 is 5.32 Å². The van der Waals surface area contributed by atoms with E-state index in [1.165, 1.54) is 7.11 Å². The van der Waals surface area contributed by atoms with Crippen LogP contribution in [0.4, 0.5) is 0 Å². The summed E-state index contributed by atoms with van der Waals surface area (Å²) in [4.78, 5) is 34.3. The van der Waals surface area contributed by atoms with Gasteiger partial charge in [-0.25, -0.2) is 4.79 Å². The van der Waals surface area contributed by atoms with E-state index in [0.717, 1.165) is 4.47 Å². The summed E-state index contributed by atoms with van der Waals surface area (Å²) in [5.74, 6) is -2.21. The minimum Gasteiger partial charge on any atom is -0.480 e. The van der Waals surface area contributed by atoms with E-state index in [1.54, 1.807) is 25.1 Å². The second-order valence-corrected chi connectivity index (χ2v) is 5.25. The molecule has 21 heavy (non-hydrogen) atoms. The lowest BCUT2D eigenvalue weighted by atomic mass is 10.1. The third-order valence-corrected chi connectivity index (χ3v) is 3.84. The van der Waals surface area contributed by atoms with Gasteiger partial charge in [-0.2, -0.15) is 0 Å². The van der Waals surface area contributed by atoms with E-state index >= 15 is 0 Å². The number of esters is 1. The molecule has 0 radical (unpaired) electrons. The standard InChI is InChI=1S/C14H16BrNO5/c1-8-9(4-3-5-10(8)15)13(18)16-11(14(19)20)6-7-12(17)21-2/h3-5,11H,6-7H2,1-2H3,(H,16,18)(H,19,20)/t11-/m1/s1. The van der Waals surface area contributed by atoms with Crippen LogP contribution in [0.2, 0.25) is 0 Å². The van der Waals surface area contributed by atoms with Gasteiger partial charge in [-0.15, -0.1) is 0 Å². The smallest absolute Gasteiger partial charge is 0.326 e. The first-order valence-corrected chi connectivity index (χ1v) is 7.01. The van der Waals surface area contributed by atoms with Crippen molar-refractivity contribution in [1.29, 1.82) is 0 Å². The Morgan fingerprint density at radius 2 is 2.05 bits per heavy atom. The van der Waals surface area contributed by atoms with Gasteiger partial charge in [-0.3, -0.25) is 9.59 Å². The number of rotatable bonds is 6. The monoisotopic (exact) mass is 357 g/mol. The number of nitrogens with one attached hydrogen (secondary N) is 1. The zero-order valence-electron chi connectivity index (χ0n) is 11.7. The number of ether oxygens (including phenoxy) is 1. The zero-order valence-corrected chi connectivity index (χ0v) is 13.3. The number of hydrogen-bond donors (Lipinski definition) is 2. The predicted octanol–water partition coefficient (Wildman–Crippen LogP) is 1.89. The SMILES string of the molecule is COC(=O)CC[C@@H](NC(=O)c1cccc(Br)c1C)C(=O)O. The van der Waals surface area contributed by atoms with Gasteiger partial charge in [-0.05, 0) is 31.0 Å². The molecule has 0 spiro atoms. The van der Waals surface area contributed by atoms with Gasteiger partial charge in [-0.1, -0.05) is 22.0 Å². The Labute approximate surface area is 130 Å². The largest absolute Gasteiger partial charge is 0.480 e. The molecule has 7 heteroatoms. The molecule has 1 aromatic rings. The summed E-state index contributed by atoms with van der Waals surface area (Å²) in [6, 6.07) is 3.94. The molecule has 0 heterocycles. The first-order chi connectivity index (χ1) is 9.86. The topological polar surface area (TPSA) is 92.7 Å². The van der Waals surface area contributed by atoms with Gasteiger partial charge in [0.15, 0.2) is 0 Å². The second-order valence-electron chi connectivity index (χ2n) is 4.39. The van der Waals surface area contributed by atoms with Crippen LogP contribution >= 0.6 is 15.9 Å². The number of carboxylic acid groups (broad SMARTS) is 1. The van der Waals surface area contributed by atoms with Crippen molar-refractivity contribution < 1.29 is 24.2 Å². The second kappa shape index (κ2) is 7.78. The predicted molar refractivity (Wildman–Crippen MR) is 79.0 cm³/mol. The van der Waals surface area contributed by atoms with Gasteiger partial charge in [0, 0.05) is 16.5 Å². The molecular formula is C14H16BrNO5. The van der Waals surface area contributed by atoms with Crippen molar-refractivity contribution in [3.8, 4) is 0 Å². The van der Waals surface area contributed by atoms with Crippen LogP contribution in [-0.4, -0.2) is 36.1 Å². The van der Waals surface area contributed by atoms with Crippen molar-refractivity contribution in [2.24, 2.45) is 0 Å². The Balaban J connectivity index is 2.79. The van der Waals surface area contributed by atoms with Gasteiger partial charge < -0.3 is 15.2 Å². The van der Waals surface area contributed by atoms with E-state index in [2.05, 4.69) is 26.0 Å². The molecule has 1 amide bonds. The van der Waals surface area contributed by atoms with E-state index in [1.807, 2.05) is 0 Å². The number of hydrogen-bond acceptors (Lipinski definition) is 4. The number of carbonyl (C=O) groups excluding carboxylic acids is 2. The Morgan fingerprint density at radius 3 is 2.62 bits per heavy atom. The number of carboxylic acids is 1. The lowest BCUT2D eigenvalue weighted by Gasteiger charge is -2.15. The summed E-state index contributed by atoms with van der Waals surface area (Å²) in [5.41, 5.74) is 1.10. The minimum atomic E-state index is -1.19. The highest BCUT2D eigenvalue weighted by Crippen LogP contribution is 2.19. The fourth-order valence-electron chi connectivity index (χ4n) is 1.71. The van der Waals surface area contributed by atoms with Gasteiger partial charge in [0.2, 0.25) is 0 Å². The molecule has 0 aromatic heterocycles. The molecule has 0 aliphatic heterocycles. The molecule has 1 rings (SSSR count). The molecule has 0 saturated heterocycles. The maximum absolute atomic E-state index is 12.1. The summed E-state index contributed by atoms with van der Waals surface area (Å²) in [7, 11) is 1.22. The van der Waals surface area contributed by atoms with Crippen molar-refractivity contribution in [2.75, 3.05) is 7.11 Å². The highest BCUT2D eigenvalue weighted by Gasteiger charge is 2.22. The number of halogens is 1. The molecular weight excluding hydrogens is 342 g/mol. The molecule has 0 bridgehead atoms. The zero-order chi connectivity index (χ0) is 16.0. The van der Waals surface area contributed by atoms with E-state index in [-0.39, 0.29) is 12.8 Å². The normalized spacial score (nSPS) is 11.6. The van der Waals surface area contributed by atoms with Crippen LogP contribution in [0.25, 0.3) is 0 Å². The van der Waals surface area contributed by atoms with E-state index < -0.39 is 23.9 Å². The average molecular weight is 358 g/mol. The number of benzene rings is 1. The lowest BCUT2D eigenvalue weighted by Crippen LogP contribution is -2.41. The third-order valence-electron chi connectivity index (χ3n) is 2.98. The summed E-state index contributed by atoms with van der Waals surface area (Å²) in [6.07, 6.45) is -0.105. The highest BCUT2D eigenvalue weighted by atomic mass is 79.9. The maximum Gasteiger partial charge on any atom is 0.326 e.